The Hall–Kier alpha value is -2.67. The van der Waals surface area contributed by atoms with E-state index in [0.29, 0.717) is 5.95 Å². The maximum atomic E-state index is 12.6. The third kappa shape index (κ3) is 3.23. The summed E-state index contributed by atoms with van der Waals surface area (Å²) in [6.45, 7) is 0.112. The number of para-hydroxylation sites is 1. The molecule has 27 heavy (non-hydrogen) atoms. The third-order valence-electron chi connectivity index (χ3n) is 5.27. The first-order valence-corrected chi connectivity index (χ1v) is 9.28. The molecule has 1 fully saturated rings. The fourth-order valence-corrected chi connectivity index (χ4v) is 4.13. The van der Waals surface area contributed by atoms with Crippen molar-refractivity contribution in [2.75, 3.05) is 38.0 Å². The van der Waals surface area contributed by atoms with Crippen LogP contribution in [0, 0.1) is 0 Å². The van der Waals surface area contributed by atoms with E-state index in [1.807, 2.05) is 54.2 Å². The normalized spacial score (nSPS) is 20.3. The highest BCUT2D eigenvalue weighted by Crippen LogP contribution is 2.46. The van der Waals surface area contributed by atoms with Crippen molar-refractivity contribution < 1.29 is 9.53 Å². The summed E-state index contributed by atoms with van der Waals surface area (Å²) in [5, 5.41) is 3.45. The first kappa shape index (κ1) is 17.7. The van der Waals surface area contributed by atoms with Gasteiger partial charge in [0.15, 0.2) is 0 Å². The summed E-state index contributed by atoms with van der Waals surface area (Å²) in [5.74, 6) is 1.51. The molecular formula is C20H25N5O2. The smallest absolute Gasteiger partial charge is 0.249 e. The highest BCUT2D eigenvalue weighted by Gasteiger charge is 2.44. The molecule has 1 amide bonds. The SMILES string of the molecule is COCC(=O)N1[C@H]2CC[C@@H]1c1c(nc(N(C)C)nc1Nc1ccccc1)C2. The molecule has 142 valence electrons. The molecule has 4 rings (SSSR count). The summed E-state index contributed by atoms with van der Waals surface area (Å²) in [7, 11) is 5.45. The third-order valence-corrected chi connectivity index (χ3v) is 5.27. The van der Waals surface area contributed by atoms with E-state index < -0.39 is 0 Å². The van der Waals surface area contributed by atoms with Crippen LogP contribution < -0.4 is 10.2 Å². The number of fused-ring (bicyclic) bond motifs is 4. The summed E-state index contributed by atoms with van der Waals surface area (Å²) < 4.78 is 5.10. The Morgan fingerprint density at radius 1 is 1.26 bits per heavy atom. The molecule has 7 nitrogen and oxygen atoms in total. The number of hydrogen-bond acceptors (Lipinski definition) is 6. The Morgan fingerprint density at radius 2 is 2.04 bits per heavy atom. The van der Waals surface area contributed by atoms with E-state index in [-0.39, 0.29) is 24.6 Å². The van der Waals surface area contributed by atoms with Gasteiger partial charge in [0, 0.05) is 44.9 Å². The van der Waals surface area contributed by atoms with E-state index in [9.17, 15) is 4.79 Å². The molecule has 2 bridgehead atoms. The zero-order valence-electron chi connectivity index (χ0n) is 16.0. The fourth-order valence-electron chi connectivity index (χ4n) is 4.13. The monoisotopic (exact) mass is 367 g/mol. The summed E-state index contributed by atoms with van der Waals surface area (Å²) in [6.07, 6.45) is 2.67. The van der Waals surface area contributed by atoms with Gasteiger partial charge in [-0.2, -0.15) is 4.98 Å². The molecule has 7 heteroatoms. The Balaban J connectivity index is 1.78. The van der Waals surface area contributed by atoms with Gasteiger partial charge in [0.2, 0.25) is 11.9 Å². The lowest BCUT2D eigenvalue weighted by molar-refractivity contribution is -0.138. The van der Waals surface area contributed by atoms with E-state index in [1.165, 1.54) is 0 Å². The Labute approximate surface area is 159 Å². The van der Waals surface area contributed by atoms with Gasteiger partial charge in [-0.15, -0.1) is 0 Å². The molecule has 1 saturated heterocycles. The van der Waals surface area contributed by atoms with E-state index >= 15 is 0 Å². The van der Waals surface area contributed by atoms with Gasteiger partial charge in [0.05, 0.1) is 11.7 Å². The topological polar surface area (TPSA) is 70.6 Å². The van der Waals surface area contributed by atoms with Gasteiger partial charge in [-0.1, -0.05) is 18.2 Å². The predicted molar refractivity (Wildman–Crippen MR) is 104 cm³/mol. The van der Waals surface area contributed by atoms with Crippen molar-refractivity contribution in [3.8, 4) is 0 Å². The largest absolute Gasteiger partial charge is 0.375 e. The van der Waals surface area contributed by atoms with Gasteiger partial charge in [-0.3, -0.25) is 4.79 Å². The van der Waals surface area contributed by atoms with Crippen LogP contribution in [0.2, 0.25) is 0 Å². The number of benzene rings is 1. The van der Waals surface area contributed by atoms with Crippen LogP contribution in [0.15, 0.2) is 30.3 Å². The van der Waals surface area contributed by atoms with Crippen LogP contribution >= 0.6 is 0 Å². The van der Waals surface area contributed by atoms with Crippen molar-refractivity contribution in [2.45, 2.75) is 31.3 Å². The quantitative estimate of drug-likeness (QED) is 0.876. The fraction of sp³-hybridized carbons (Fsp3) is 0.450. The van der Waals surface area contributed by atoms with Crippen LogP contribution in [0.4, 0.5) is 17.5 Å². The lowest BCUT2D eigenvalue weighted by Crippen LogP contribution is -2.44. The minimum absolute atomic E-state index is 0.00354. The maximum absolute atomic E-state index is 12.6. The second-order valence-electron chi connectivity index (χ2n) is 7.30. The van der Waals surface area contributed by atoms with Crippen molar-refractivity contribution in [1.82, 2.24) is 14.9 Å². The van der Waals surface area contributed by atoms with Crippen LogP contribution in [0.1, 0.15) is 30.1 Å². The first-order chi connectivity index (χ1) is 13.1. The number of hydrogen-bond donors (Lipinski definition) is 1. The number of anilines is 3. The van der Waals surface area contributed by atoms with Crippen LogP contribution in [-0.4, -0.2) is 54.6 Å². The second-order valence-corrected chi connectivity index (χ2v) is 7.30. The van der Waals surface area contributed by atoms with Crippen LogP contribution in [0.5, 0.6) is 0 Å². The molecule has 2 atom stereocenters. The van der Waals surface area contributed by atoms with E-state index in [1.54, 1.807) is 7.11 Å². The van der Waals surface area contributed by atoms with E-state index in [0.717, 1.165) is 42.0 Å². The number of methoxy groups -OCH3 is 1. The average Bonchev–Trinajstić information content (AvgIpc) is 2.96. The Bertz CT molecular complexity index is 840. The highest BCUT2D eigenvalue weighted by atomic mass is 16.5. The lowest BCUT2D eigenvalue weighted by Gasteiger charge is -2.37. The van der Waals surface area contributed by atoms with Gasteiger partial charge >= 0.3 is 0 Å². The molecule has 1 N–H and O–H groups in total. The number of nitrogens with zero attached hydrogens (tertiary/aromatic N) is 4. The zero-order chi connectivity index (χ0) is 19.0. The molecule has 0 unspecified atom stereocenters. The number of aromatic nitrogens is 2. The van der Waals surface area contributed by atoms with E-state index in [4.69, 9.17) is 14.7 Å². The van der Waals surface area contributed by atoms with Gasteiger partial charge in [0.1, 0.15) is 12.4 Å². The molecule has 3 heterocycles. The molecular weight excluding hydrogens is 342 g/mol. The summed E-state index contributed by atoms with van der Waals surface area (Å²) in [6, 6.07) is 10.2. The van der Waals surface area contributed by atoms with Crippen molar-refractivity contribution in [2.24, 2.45) is 0 Å². The maximum Gasteiger partial charge on any atom is 0.249 e. The average molecular weight is 367 g/mol. The van der Waals surface area contributed by atoms with Gasteiger partial charge in [-0.25, -0.2) is 4.98 Å². The molecule has 1 aromatic heterocycles. The minimum atomic E-state index is 0.00354. The number of carbonyl (C=O) groups is 1. The highest BCUT2D eigenvalue weighted by molar-refractivity contribution is 5.80. The molecule has 2 aromatic rings. The number of ether oxygens (including phenoxy) is 1. The summed E-state index contributed by atoms with van der Waals surface area (Å²) in [5.41, 5.74) is 3.06. The Morgan fingerprint density at radius 3 is 2.74 bits per heavy atom. The minimum Gasteiger partial charge on any atom is -0.375 e. The number of nitrogens with one attached hydrogen (secondary N) is 1. The first-order valence-electron chi connectivity index (χ1n) is 9.28. The Kier molecular flexibility index (Phi) is 4.70. The molecule has 1 aromatic carbocycles. The zero-order valence-corrected chi connectivity index (χ0v) is 16.0. The van der Waals surface area contributed by atoms with Crippen LogP contribution in [0.25, 0.3) is 0 Å². The summed E-state index contributed by atoms with van der Waals surface area (Å²) in [4.78, 5) is 26.1. The van der Waals surface area contributed by atoms with Crippen molar-refractivity contribution in [1.29, 1.82) is 0 Å². The molecule has 0 saturated carbocycles. The number of carbonyl (C=O) groups excluding carboxylic acids is 1. The van der Waals surface area contributed by atoms with Crippen molar-refractivity contribution in [3.05, 3.63) is 41.6 Å². The van der Waals surface area contributed by atoms with Crippen LogP contribution in [-0.2, 0) is 16.0 Å². The van der Waals surface area contributed by atoms with Crippen molar-refractivity contribution >= 4 is 23.4 Å². The standard InChI is InChI=1S/C20H25N5O2/c1-24(2)20-22-15-11-14-9-10-16(25(14)17(26)12-27-3)18(15)19(23-20)21-13-7-5-4-6-8-13/h4-8,14,16H,9-12H2,1-3H3,(H,21,22,23)/t14-,16+/m0/s1. The molecule has 0 aliphatic carbocycles. The number of rotatable bonds is 5. The predicted octanol–water partition coefficient (Wildman–Crippen LogP) is 2.52. The summed E-state index contributed by atoms with van der Waals surface area (Å²) >= 11 is 0. The van der Waals surface area contributed by atoms with Gasteiger partial charge in [0.25, 0.3) is 0 Å². The lowest BCUT2D eigenvalue weighted by atomic mass is 9.97. The van der Waals surface area contributed by atoms with Crippen LogP contribution in [0.3, 0.4) is 0 Å². The molecule has 2 aliphatic rings. The molecule has 0 spiro atoms. The van der Waals surface area contributed by atoms with Crippen molar-refractivity contribution in [3.63, 3.8) is 0 Å². The van der Waals surface area contributed by atoms with Gasteiger partial charge in [-0.05, 0) is 25.0 Å². The molecule has 0 radical (unpaired) electrons. The number of amides is 1. The molecule has 2 aliphatic heterocycles. The second kappa shape index (κ2) is 7.15. The van der Waals surface area contributed by atoms with Gasteiger partial charge < -0.3 is 19.9 Å². The van der Waals surface area contributed by atoms with E-state index in [2.05, 4.69) is 5.32 Å².